The third-order valence-electron chi connectivity index (χ3n) is 2.57. The van der Waals surface area contributed by atoms with Gasteiger partial charge < -0.3 is 4.74 Å². The molecule has 0 rings (SSSR count). The standard InChI is InChI=1S/C15H29FO2S/c1-11(2)9-14(15(17)18-10-12(3)4)19-8-6-7-13(5)16/h11-14H,6-10H2,1-5H3. The number of rotatable bonds is 10. The van der Waals surface area contributed by atoms with E-state index in [0.717, 1.165) is 18.6 Å². The van der Waals surface area contributed by atoms with E-state index in [-0.39, 0.29) is 11.2 Å². The maximum atomic E-state index is 12.7. The Morgan fingerprint density at radius 3 is 2.26 bits per heavy atom. The van der Waals surface area contributed by atoms with E-state index in [1.807, 2.05) is 13.8 Å². The van der Waals surface area contributed by atoms with Crippen molar-refractivity contribution in [3.05, 3.63) is 0 Å². The SMILES string of the molecule is CC(C)COC(=O)C(CC(C)C)SCCCC(C)F. The molecule has 0 saturated heterocycles. The predicted octanol–water partition coefficient (Wildman–Crippen LogP) is 4.47. The van der Waals surface area contributed by atoms with Gasteiger partial charge in [0.2, 0.25) is 0 Å². The number of alkyl halides is 1. The summed E-state index contributed by atoms with van der Waals surface area (Å²) in [6.45, 7) is 10.3. The number of hydrogen-bond donors (Lipinski definition) is 0. The summed E-state index contributed by atoms with van der Waals surface area (Å²) in [5, 5.41) is -0.103. The van der Waals surface area contributed by atoms with E-state index in [4.69, 9.17) is 4.74 Å². The zero-order valence-electron chi connectivity index (χ0n) is 12.9. The van der Waals surface area contributed by atoms with Crippen LogP contribution in [0.25, 0.3) is 0 Å². The maximum absolute atomic E-state index is 12.7. The number of carbonyl (C=O) groups excluding carboxylic acids is 1. The van der Waals surface area contributed by atoms with Crippen LogP contribution in [0.2, 0.25) is 0 Å². The molecule has 19 heavy (non-hydrogen) atoms. The summed E-state index contributed by atoms with van der Waals surface area (Å²) in [5.74, 6) is 1.54. The molecule has 0 saturated carbocycles. The summed E-state index contributed by atoms with van der Waals surface area (Å²) in [6.07, 6.45) is 1.46. The Labute approximate surface area is 121 Å². The number of ether oxygens (including phenoxy) is 1. The van der Waals surface area contributed by atoms with Gasteiger partial charge >= 0.3 is 5.97 Å². The van der Waals surface area contributed by atoms with Crippen molar-refractivity contribution in [1.82, 2.24) is 0 Å². The highest BCUT2D eigenvalue weighted by atomic mass is 32.2. The molecule has 0 heterocycles. The van der Waals surface area contributed by atoms with Crippen molar-refractivity contribution in [1.29, 1.82) is 0 Å². The van der Waals surface area contributed by atoms with E-state index in [1.165, 1.54) is 0 Å². The van der Waals surface area contributed by atoms with Crippen molar-refractivity contribution in [3.63, 3.8) is 0 Å². The van der Waals surface area contributed by atoms with Gasteiger partial charge in [0, 0.05) is 0 Å². The largest absolute Gasteiger partial charge is 0.465 e. The molecular weight excluding hydrogens is 263 g/mol. The fourth-order valence-corrected chi connectivity index (χ4v) is 2.94. The second-order valence-corrected chi connectivity index (χ2v) is 7.25. The Hall–Kier alpha value is -0.250. The first-order chi connectivity index (χ1) is 8.82. The fraction of sp³-hybridized carbons (Fsp3) is 0.933. The molecule has 114 valence electrons. The Balaban J connectivity index is 4.10. The number of esters is 1. The van der Waals surface area contributed by atoms with Gasteiger partial charge in [-0.25, -0.2) is 4.39 Å². The summed E-state index contributed by atoms with van der Waals surface area (Å²) in [5.41, 5.74) is 0. The lowest BCUT2D eigenvalue weighted by Gasteiger charge is -2.18. The van der Waals surface area contributed by atoms with E-state index < -0.39 is 6.17 Å². The quantitative estimate of drug-likeness (QED) is 0.439. The second kappa shape index (κ2) is 10.5. The molecule has 0 spiro atoms. The normalized spacial score (nSPS) is 14.7. The lowest BCUT2D eigenvalue weighted by molar-refractivity contribution is -0.144. The van der Waals surface area contributed by atoms with Crippen molar-refractivity contribution in [2.75, 3.05) is 12.4 Å². The molecule has 0 amide bonds. The minimum absolute atomic E-state index is 0.103. The fourth-order valence-electron chi connectivity index (χ4n) is 1.59. The van der Waals surface area contributed by atoms with Gasteiger partial charge in [0.05, 0.1) is 12.8 Å². The van der Waals surface area contributed by atoms with Crippen molar-refractivity contribution in [3.8, 4) is 0 Å². The monoisotopic (exact) mass is 292 g/mol. The van der Waals surface area contributed by atoms with Crippen LogP contribution < -0.4 is 0 Å². The van der Waals surface area contributed by atoms with Crippen LogP contribution in [0.15, 0.2) is 0 Å². The summed E-state index contributed by atoms with van der Waals surface area (Å²) >= 11 is 1.61. The summed E-state index contributed by atoms with van der Waals surface area (Å²) < 4.78 is 18.0. The predicted molar refractivity (Wildman–Crippen MR) is 81.3 cm³/mol. The van der Waals surface area contributed by atoms with Gasteiger partial charge in [-0.1, -0.05) is 27.7 Å². The molecule has 4 heteroatoms. The first-order valence-electron chi connectivity index (χ1n) is 7.25. The van der Waals surface area contributed by atoms with Crippen LogP contribution in [-0.4, -0.2) is 29.8 Å². The first kappa shape index (κ1) is 18.8. The van der Waals surface area contributed by atoms with E-state index >= 15 is 0 Å². The molecule has 2 atom stereocenters. The highest BCUT2D eigenvalue weighted by molar-refractivity contribution is 8.00. The van der Waals surface area contributed by atoms with Crippen molar-refractivity contribution in [2.24, 2.45) is 11.8 Å². The van der Waals surface area contributed by atoms with Crippen LogP contribution in [-0.2, 0) is 9.53 Å². The third-order valence-corrected chi connectivity index (χ3v) is 3.88. The molecule has 0 bridgehead atoms. The van der Waals surface area contributed by atoms with Crippen molar-refractivity contribution >= 4 is 17.7 Å². The Bertz CT molecular complexity index is 242. The minimum atomic E-state index is -0.753. The topological polar surface area (TPSA) is 26.3 Å². The van der Waals surface area contributed by atoms with E-state index in [1.54, 1.807) is 18.7 Å². The number of carbonyl (C=O) groups is 1. The van der Waals surface area contributed by atoms with E-state index in [9.17, 15) is 9.18 Å². The van der Waals surface area contributed by atoms with Gasteiger partial charge in [0.15, 0.2) is 0 Å². The van der Waals surface area contributed by atoms with Gasteiger partial charge in [-0.15, -0.1) is 11.8 Å². The highest BCUT2D eigenvalue weighted by Gasteiger charge is 2.22. The molecule has 0 aromatic carbocycles. The molecule has 0 aliphatic heterocycles. The maximum Gasteiger partial charge on any atom is 0.319 e. The molecule has 0 aliphatic carbocycles. The Morgan fingerprint density at radius 1 is 1.16 bits per heavy atom. The molecule has 0 aromatic rings. The zero-order valence-corrected chi connectivity index (χ0v) is 13.8. The smallest absolute Gasteiger partial charge is 0.319 e. The van der Waals surface area contributed by atoms with Gasteiger partial charge in [-0.2, -0.15) is 0 Å². The summed E-state index contributed by atoms with van der Waals surface area (Å²) in [4.78, 5) is 12.0. The lowest BCUT2D eigenvalue weighted by atomic mass is 10.1. The second-order valence-electron chi connectivity index (χ2n) is 5.94. The van der Waals surface area contributed by atoms with Crippen molar-refractivity contribution < 1.29 is 13.9 Å². The molecule has 2 unspecified atom stereocenters. The average Bonchev–Trinajstić information content (AvgIpc) is 2.29. The Kier molecular flexibility index (Phi) is 10.4. The Morgan fingerprint density at radius 2 is 1.79 bits per heavy atom. The third kappa shape index (κ3) is 11.3. The van der Waals surface area contributed by atoms with Gasteiger partial charge in [-0.3, -0.25) is 4.79 Å². The molecule has 2 nitrogen and oxygen atoms in total. The van der Waals surface area contributed by atoms with Gasteiger partial charge in [0.25, 0.3) is 0 Å². The van der Waals surface area contributed by atoms with Gasteiger partial charge in [-0.05, 0) is 43.8 Å². The zero-order chi connectivity index (χ0) is 14.8. The highest BCUT2D eigenvalue weighted by Crippen LogP contribution is 2.22. The summed E-state index contributed by atoms with van der Waals surface area (Å²) in [7, 11) is 0. The number of halogens is 1. The van der Waals surface area contributed by atoms with Crippen LogP contribution in [0.5, 0.6) is 0 Å². The van der Waals surface area contributed by atoms with Crippen LogP contribution in [0.3, 0.4) is 0 Å². The van der Waals surface area contributed by atoms with Crippen LogP contribution in [0.4, 0.5) is 4.39 Å². The van der Waals surface area contributed by atoms with Crippen LogP contribution >= 0.6 is 11.8 Å². The van der Waals surface area contributed by atoms with Crippen LogP contribution in [0, 0.1) is 11.8 Å². The van der Waals surface area contributed by atoms with Gasteiger partial charge in [0.1, 0.15) is 5.25 Å². The summed E-state index contributed by atoms with van der Waals surface area (Å²) in [6, 6.07) is 0. The minimum Gasteiger partial charge on any atom is -0.465 e. The van der Waals surface area contributed by atoms with E-state index in [0.29, 0.717) is 24.9 Å². The molecular formula is C15H29FO2S. The number of hydrogen-bond acceptors (Lipinski definition) is 3. The molecule has 0 N–H and O–H groups in total. The molecule has 0 aliphatic rings. The first-order valence-corrected chi connectivity index (χ1v) is 8.30. The van der Waals surface area contributed by atoms with Crippen LogP contribution in [0.1, 0.15) is 53.9 Å². The van der Waals surface area contributed by atoms with E-state index in [2.05, 4.69) is 13.8 Å². The molecule has 0 fully saturated rings. The molecule has 0 aromatic heterocycles. The van der Waals surface area contributed by atoms with Crippen molar-refractivity contribution in [2.45, 2.75) is 65.3 Å². The lowest BCUT2D eigenvalue weighted by Crippen LogP contribution is -2.24. The average molecular weight is 292 g/mol. The number of thioether (sulfide) groups is 1. The molecule has 0 radical (unpaired) electrons.